The van der Waals surface area contributed by atoms with E-state index < -0.39 is 50.0 Å². The highest BCUT2D eigenvalue weighted by Crippen LogP contribution is 2.55. The lowest BCUT2D eigenvalue weighted by Gasteiger charge is -2.39. The van der Waals surface area contributed by atoms with Crippen LogP contribution in [0.25, 0.3) is 11.3 Å². The predicted octanol–water partition coefficient (Wildman–Crippen LogP) is 6.09. The summed E-state index contributed by atoms with van der Waals surface area (Å²) in [5, 5.41) is 11.2. The van der Waals surface area contributed by atoms with Gasteiger partial charge in [0, 0.05) is 29.4 Å². The molecule has 15 heteroatoms. The van der Waals surface area contributed by atoms with E-state index in [1.165, 1.54) is 40.3 Å². The van der Waals surface area contributed by atoms with Gasteiger partial charge in [0.05, 0.1) is 21.4 Å². The molecule has 2 aliphatic heterocycles. The fourth-order valence-corrected chi connectivity index (χ4v) is 8.23. The first-order chi connectivity index (χ1) is 22.1. The molecule has 1 amide bonds. The van der Waals surface area contributed by atoms with Gasteiger partial charge in [-0.2, -0.15) is 4.68 Å². The summed E-state index contributed by atoms with van der Waals surface area (Å²) < 4.78 is 28.8. The Hall–Kier alpha value is -3.52. The number of aromatic nitrogens is 5. The summed E-state index contributed by atoms with van der Waals surface area (Å²) in [5.74, 6) is -2.35. The van der Waals surface area contributed by atoms with Gasteiger partial charge in [-0.25, -0.2) is 9.18 Å². The molecule has 1 aliphatic carbocycles. The van der Waals surface area contributed by atoms with Crippen molar-refractivity contribution in [2.45, 2.75) is 88.7 Å². The van der Waals surface area contributed by atoms with E-state index in [0.29, 0.717) is 29.8 Å². The molecule has 3 aromatic rings. The zero-order valence-corrected chi connectivity index (χ0v) is 29.2. The van der Waals surface area contributed by atoms with Crippen LogP contribution in [0.4, 0.5) is 4.39 Å². The van der Waals surface area contributed by atoms with Crippen LogP contribution in [0.2, 0.25) is 28.2 Å². The van der Waals surface area contributed by atoms with Crippen LogP contribution in [0.5, 0.6) is 0 Å². The Morgan fingerprint density at radius 1 is 1.15 bits per heavy atom. The van der Waals surface area contributed by atoms with Crippen LogP contribution in [0.1, 0.15) is 74.5 Å². The van der Waals surface area contributed by atoms with Gasteiger partial charge >= 0.3 is 5.97 Å². The number of fused-ring (bicyclic) bond motifs is 1. The van der Waals surface area contributed by atoms with Gasteiger partial charge in [-0.05, 0) is 84.4 Å². The monoisotopic (exact) mass is 700 g/mol. The summed E-state index contributed by atoms with van der Waals surface area (Å²) in [4.78, 5) is 45.9. The van der Waals surface area contributed by atoms with Crippen molar-refractivity contribution in [1.82, 2.24) is 30.1 Å². The molecule has 11 nitrogen and oxygen atoms in total. The molecule has 2 fully saturated rings. The number of rotatable bonds is 9. The maximum Gasteiger partial charge on any atom is 0.329 e. The molecule has 248 valence electrons. The number of ketones is 1. The number of hydrogen-bond donors (Lipinski definition) is 0. The first-order valence-corrected chi connectivity index (χ1v) is 19.1. The lowest BCUT2D eigenvalue weighted by atomic mass is 9.92. The van der Waals surface area contributed by atoms with Crippen molar-refractivity contribution < 1.29 is 27.9 Å². The largest absolute Gasteiger partial charge is 0.456 e. The van der Waals surface area contributed by atoms with Gasteiger partial charge in [0.25, 0.3) is 0 Å². The Labute approximate surface area is 282 Å². The van der Waals surface area contributed by atoms with Gasteiger partial charge in [0.1, 0.15) is 18.0 Å². The third kappa shape index (κ3) is 6.14. The number of Topliss-reactive ketones (excluding diaryl/α,β-unsaturated/α-hetero) is 1. The van der Waals surface area contributed by atoms with E-state index in [4.69, 9.17) is 32.4 Å². The molecule has 47 heavy (non-hydrogen) atoms. The molecule has 0 radical (unpaired) electrons. The molecule has 0 N–H and O–H groups in total. The minimum Gasteiger partial charge on any atom is -0.456 e. The second-order valence-corrected chi connectivity index (χ2v) is 19.3. The predicted molar refractivity (Wildman–Crippen MR) is 174 cm³/mol. The molecule has 2 aromatic heterocycles. The highest BCUT2D eigenvalue weighted by atomic mass is 35.5. The second-order valence-electron chi connectivity index (χ2n) is 13.8. The molecular formula is C32H35Cl2FN6O5Si. The number of esters is 1. The van der Waals surface area contributed by atoms with E-state index in [1.807, 2.05) is 0 Å². The molecule has 1 aromatic carbocycles. The van der Waals surface area contributed by atoms with Crippen LogP contribution in [-0.4, -0.2) is 74.8 Å². The average Bonchev–Trinajstić information content (AvgIpc) is 3.37. The van der Waals surface area contributed by atoms with Gasteiger partial charge < -0.3 is 14.1 Å². The normalized spacial score (nSPS) is 20.6. The number of pyridine rings is 1. The number of tetrazole rings is 1. The molecule has 6 rings (SSSR count). The molecule has 1 saturated heterocycles. The number of nitrogens with zero attached hydrogens (tertiary/aromatic N) is 6. The summed E-state index contributed by atoms with van der Waals surface area (Å²) in [6, 6.07) is 3.20. The van der Waals surface area contributed by atoms with Crippen LogP contribution < -0.4 is 0 Å². The van der Waals surface area contributed by atoms with E-state index in [2.05, 4.69) is 54.4 Å². The van der Waals surface area contributed by atoms with E-state index >= 15 is 4.39 Å². The Balaban J connectivity index is 1.15. The fourth-order valence-electron chi connectivity index (χ4n) is 6.10. The second kappa shape index (κ2) is 12.2. The molecule has 1 saturated carbocycles. The van der Waals surface area contributed by atoms with Gasteiger partial charge in [0.15, 0.2) is 20.7 Å². The molecular weight excluding hydrogens is 666 g/mol. The maximum absolute atomic E-state index is 15.4. The third-order valence-corrected chi connectivity index (χ3v) is 14.9. The van der Waals surface area contributed by atoms with Crippen molar-refractivity contribution in [2.75, 3.05) is 6.61 Å². The SMILES string of the molecule is CC(C)(C)[Si](C)(C)OC1(c2nccc(C(=O)COC(=O)C3CC[C@@H]4CC(c5c(-n6cnnn6)ccc(Cl)c5F)=CC(=O)N34)c2Cl)CC1. The van der Waals surface area contributed by atoms with Crippen molar-refractivity contribution in [3.05, 3.63) is 69.5 Å². The Morgan fingerprint density at radius 2 is 1.89 bits per heavy atom. The summed E-state index contributed by atoms with van der Waals surface area (Å²) in [7, 11) is -2.16. The number of amides is 1. The molecule has 3 aliphatic rings. The standard InChI is InChI=1S/C32H35Cl2FN6O5Si/c1-31(2,3)47(4,5)46-32(11-12-32)29-27(34)20(10-13-36-29)24(42)16-45-30(44)23-8-6-19-14-18(15-25(43)41(19)23)26-22(40-17-37-38-39-40)9-7-21(33)28(26)35/h7,9-10,13,15,17,19,23H,6,8,11-12,14,16H2,1-5H3/t19-,23?/m1/s1. The van der Waals surface area contributed by atoms with E-state index in [-0.39, 0.29) is 38.7 Å². The van der Waals surface area contributed by atoms with Crippen molar-refractivity contribution >= 4 is 54.8 Å². The topological polar surface area (TPSA) is 129 Å². The van der Waals surface area contributed by atoms with E-state index in [1.54, 1.807) is 6.07 Å². The zero-order chi connectivity index (χ0) is 33.9. The highest BCUT2D eigenvalue weighted by Gasteiger charge is 2.54. The molecule has 0 bridgehead atoms. The molecule has 2 atom stereocenters. The van der Waals surface area contributed by atoms with Crippen LogP contribution in [0.15, 0.2) is 36.8 Å². The molecule has 4 heterocycles. The van der Waals surface area contributed by atoms with Crippen molar-refractivity contribution in [3.63, 3.8) is 0 Å². The van der Waals surface area contributed by atoms with Crippen LogP contribution in [0.3, 0.4) is 0 Å². The number of carbonyl (C=O) groups is 3. The summed E-state index contributed by atoms with van der Waals surface area (Å²) in [6.07, 6.45) is 6.74. The van der Waals surface area contributed by atoms with Gasteiger partial charge in [0.2, 0.25) is 11.7 Å². The smallest absolute Gasteiger partial charge is 0.329 e. The molecule has 0 spiro atoms. The first kappa shape index (κ1) is 33.4. The summed E-state index contributed by atoms with van der Waals surface area (Å²) in [5.41, 5.74) is 0.955. The lowest BCUT2D eigenvalue weighted by molar-refractivity contribution is -0.152. The molecule has 1 unspecified atom stereocenters. The highest BCUT2D eigenvalue weighted by molar-refractivity contribution is 6.74. The fraction of sp³-hybridized carbons (Fsp3) is 0.469. The first-order valence-electron chi connectivity index (χ1n) is 15.4. The number of hydrogen-bond acceptors (Lipinski definition) is 9. The lowest BCUT2D eigenvalue weighted by Crippen LogP contribution is -2.47. The zero-order valence-electron chi connectivity index (χ0n) is 26.7. The van der Waals surface area contributed by atoms with Crippen LogP contribution in [0, 0.1) is 5.82 Å². The Bertz CT molecular complexity index is 1790. The average molecular weight is 702 g/mol. The minimum atomic E-state index is -2.16. The van der Waals surface area contributed by atoms with Gasteiger partial charge in [-0.15, -0.1) is 5.10 Å². The Morgan fingerprint density at radius 3 is 2.55 bits per heavy atom. The maximum atomic E-state index is 15.4. The van der Waals surface area contributed by atoms with Gasteiger partial charge in [-0.1, -0.05) is 44.0 Å². The number of halogens is 3. The summed E-state index contributed by atoms with van der Waals surface area (Å²) >= 11 is 12.9. The quantitative estimate of drug-likeness (QED) is 0.148. The summed E-state index contributed by atoms with van der Waals surface area (Å²) in [6.45, 7) is 10.3. The van der Waals surface area contributed by atoms with E-state index in [0.717, 1.165) is 12.8 Å². The van der Waals surface area contributed by atoms with Crippen molar-refractivity contribution in [2.24, 2.45) is 0 Å². The van der Waals surface area contributed by atoms with Crippen molar-refractivity contribution in [3.8, 4) is 5.69 Å². The van der Waals surface area contributed by atoms with Gasteiger partial charge in [-0.3, -0.25) is 14.6 Å². The van der Waals surface area contributed by atoms with Crippen LogP contribution in [-0.2, 0) is 24.4 Å². The van der Waals surface area contributed by atoms with E-state index in [9.17, 15) is 14.4 Å². The van der Waals surface area contributed by atoms with Crippen LogP contribution >= 0.6 is 23.2 Å². The third-order valence-electron chi connectivity index (χ3n) is 9.70. The number of ether oxygens (including phenoxy) is 1. The Kier molecular flexibility index (Phi) is 8.65. The minimum absolute atomic E-state index is 0.0207. The van der Waals surface area contributed by atoms with Crippen molar-refractivity contribution in [1.29, 1.82) is 0 Å². The number of benzene rings is 1. The number of carbonyl (C=O) groups excluding carboxylic acids is 3.